The molecule has 112 valence electrons. The first-order chi connectivity index (χ1) is 10.2. The van der Waals surface area contributed by atoms with E-state index in [1.54, 1.807) is 0 Å². The van der Waals surface area contributed by atoms with E-state index in [1.165, 1.54) is 25.9 Å². The standard InChI is InChI=1S/C17H24N4/c1-14(12-20-10-6-7-11-20)18-17-19-15(2)13-21(17)16-8-4-3-5-9-16/h3-5,8-9,13-14H,6-7,10-12H2,1-2H3,(H,18,19). The molecule has 4 heteroatoms. The maximum absolute atomic E-state index is 4.63. The summed E-state index contributed by atoms with van der Waals surface area (Å²) in [6.45, 7) is 7.82. The Labute approximate surface area is 126 Å². The van der Waals surface area contributed by atoms with Crippen molar-refractivity contribution in [3.8, 4) is 5.69 Å². The van der Waals surface area contributed by atoms with Crippen molar-refractivity contribution in [2.45, 2.75) is 32.7 Å². The van der Waals surface area contributed by atoms with Gasteiger partial charge in [0, 0.05) is 24.5 Å². The SMILES string of the molecule is Cc1cn(-c2ccccc2)c(NC(C)CN2CCCC2)n1. The van der Waals surface area contributed by atoms with E-state index in [1.807, 2.05) is 13.0 Å². The van der Waals surface area contributed by atoms with E-state index < -0.39 is 0 Å². The van der Waals surface area contributed by atoms with Crippen LogP contribution in [0.25, 0.3) is 5.69 Å². The Morgan fingerprint density at radius 2 is 1.90 bits per heavy atom. The van der Waals surface area contributed by atoms with Crippen LogP contribution in [0.3, 0.4) is 0 Å². The Morgan fingerprint density at radius 1 is 1.19 bits per heavy atom. The molecule has 0 bridgehead atoms. The van der Waals surface area contributed by atoms with Crippen molar-refractivity contribution in [2.24, 2.45) is 0 Å². The highest BCUT2D eigenvalue weighted by Gasteiger charge is 2.16. The molecule has 1 aromatic carbocycles. The van der Waals surface area contributed by atoms with Crippen molar-refractivity contribution in [1.82, 2.24) is 14.5 Å². The molecule has 0 spiro atoms. The number of anilines is 1. The highest BCUT2D eigenvalue weighted by atomic mass is 15.2. The zero-order valence-electron chi connectivity index (χ0n) is 12.9. The topological polar surface area (TPSA) is 33.1 Å². The van der Waals surface area contributed by atoms with Crippen LogP contribution in [0.2, 0.25) is 0 Å². The van der Waals surface area contributed by atoms with Crippen molar-refractivity contribution in [1.29, 1.82) is 0 Å². The average molecular weight is 284 g/mol. The fourth-order valence-corrected chi connectivity index (χ4v) is 3.00. The molecule has 0 saturated carbocycles. The molecule has 3 rings (SSSR count). The molecule has 4 nitrogen and oxygen atoms in total. The summed E-state index contributed by atoms with van der Waals surface area (Å²) in [6, 6.07) is 10.8. The minimum atomic E-state index is 0.396. The Balaban J connectivity index is 1.73. The molecule has 1 saturated heterocycles. The lowest BCUT2D eigenvalue weighted by molar-refractivity contribution is 0.327. The lowest BCUT2D eigenvalue weighted by atomic mass is 10.3. The average Bonchev–Trinajstić information content (AvgIpc) is 3.09. The molecule has 0 radical (unpaired) electrons. The molecule has 1 aliphatic rings. The number of likely N-dealkylation sites (tertiary alicyclic amines) is 1. The summed E-state index contributed by atoms with van der Waals surface area (Å²) in [5.74, 6) is 0.936. The lowest BCUT2D eigenvalue weighted by Gasteiger charge is -2.22. The van der Waals surface area contributed by atoms with E-state index in [0.717, 1.165) is 23.9 Å². The number of hydrogen-bond donors (Lipinski definition) is 1. The quantitative estimate of drug-likeness (QED) is 0.916. The normalized spacial score (nSPS) is 17.0. The molecule has 1 N–H and O–H groups in total. The smallest absolute Gasteiger partial charge is 0.207 e. The van der Waals surface area contributed by atoms with Crippen molar-refractivity contribution in [3.63, 3.8) is 0 Å². The van der Waals surface area contributed by atoms with Crippen molar-refractivity contribution in [2.75, 3.05) is 25.0 Å². The molecular weight excluding hydrogens is 260 g/mol. The van der Waals surface area contributed by atoms with Crippen LogP contribution in [0.1, 0.15) is 25.5 Å². The van der Waals surface area contributed by atoms with Gasteiger partial charge in [-0.1, -0.05) is 18.2 Å². The van der Waals surface area contributed by atoms with Crippen LogP contribution in [0.5, 0.6) is 0 Å². The zero-order valence-corrected chi connectivity index (χ0v) is 12.9. The Morgan fingerprint density at radius 3 is 2.62 bits per heavy atom. The molecule has 0 aliphatic carbocycles. The highest BCUT2D eigenvalue weighted by molar-refractivity contribution is 5.43. The Bertz CT molecular complexity index is 570. The number of imidazole rings is 1. The first kappa shape index (κ1) is 14.1. The number of aromatic nitrogens is 2. The molecule has 2 heterocycles. The summed E-state index contributed by atoms with van der Waals surface area (Å²) in [5.41, 5.74) is 2.18. The van der Waals surface area contributed by atoms with Gasteiger partial charge in [0.2, 0.25) is 5.95 Å². The molecule has 1 atom stereocenters. The minimum absolute atomic E-state index is 0.396. The van der Waals surface area contributed by atoms with E-state index in [2.05, 4.69) is 57.2 Å². The second kappa shape index (κ2) is 6.31. The summed E-state index contributed by atoms with van der Waals surface area (Å²) in [7, 11) is 0. The Hall–Kier alpha value is -1.81. The van der Waals surface area contributed by atoms with Gasteiger partial charge in [0.1, 0.15) is 0 Å². The van der Waals surface area contributed by atoms with Gasteiger partial charge in [-0.05, 0) is 51.9 Å². The largest absolute Gasteiger partial charge is 0.352 e. The monoisotopic (exact) mass is 284 g/mol. The third kappa shape index (κ3) is 3.45. The second-order valence-corrected chi connectivity index (χ2v) is 5.96. The van der Waals surface area contributed by atoms with Gasteiger partial charge in [-0.15, -0.1) is 0 Å². The highest BCUT2D eigenvalue weighted by Crippen LogP contribution is 2.17. The number of para-hydroxylation sites is 1. The Kier molecular flexibility index (Phi) is 4.25. The van der Waals surface area contributed by atoms with Crippen LogP contribution in [0.4, 0.5) is 5.95 Å². The predicted octanol–water partition coefficient (Wildman–Crippen LogP) is 3.08. The van der Waals surface area contributed by atoms with Crippen LogP contribution in [0, 0.1) is 6.92 Å². The van der Waals surface area contributed by atoms with Crippen LogP contribution in [-0.2, 0) is 0 Å². The van der Waals surface area contributed by atoms with Gasteiger partial charge >= 0.3 is 0 Å². The zero-order chi connectivity index (χ0) is 14.7. The van der Waals surface area contributed by atoms with E-state index in [9.17, 15) is 0 Å². The third-order valence-electron chi connectivity index (χ3n) is 3.97. The molecule has 1 fully saturated rings. The van der Waals surface area contributed by atoms with Gasteiger partial charge in [-0.2, -0.15) is 0 Å². The second-order valence-electron chi connectivity index (χ2n) is 5.96. The maximum atomic E-state index is 4.63. The van der Waals surface area contributed by atoms with Crippen LogP contribution < -0.4 is 5.32 Å². The first-order valence-corrected chi connectivity index (χ1v) is 7.82. The number of benzene rings is 1. The fourth-order valence-electron chi connectivity index (χ4n) is 3.00. The van der Waals surface area contributed by atoms with Crippen molar-refractivity contribution >= 4 is 5.95 Å². The predicted molar refractivity (Wildman–Crippen MR) is 87.1 cm³/mol. The fraction of sp³-hybridized carbons (Fsp3) is 0.471. The summed E-state index contributed by atoms with van der Waals surface area (Å²) < 4.78 is 2.13. The van der Waals surface area contributed by atoms with Gasteiger partial charge in [0.05, 0.1) is 5.69 Å². The van der Waals surface area contributed by atoms with E-state index in [0.29, 0.717) is 6.04 Å². The van der Waals surface area contributed by atoms with Gasteiger partial charge in [-0.25, -0.2) is 4.98 Å². The number of aryl methyl sites for hydroxylation is 1. The van der Waals surface area contributed by atoms with Crippen LogP contribution >= 0.6 is 0 Å². The van der Waals surface area contributed by atoms with Crippen molar-refractivity contribution in [3.05, 3.63) is 42.2 Å². The molecule has 1 aromatic heterocycles. The van der Waals surface area contributed by atoms with Crippen LogP contribution in [-0.4, -0.2) is 40.1 Å². The van der Waals surface area contributed by atoms with E-state index in [4.69, 9.17) is 0 Å². The minimum Gasteiger partial charge on any atom is -0.352 e. The van der Waals surface area contributed by atoms with E-state index >= 15 is 0 Å². The summed E-state index contributed by atoms with van der Waals surface area (Å²) in [4.78, 5) is 7.16. The lowest BCUT2D eigenvalue weighted by Crippen LogP contribution is -2.33. The number of nitrogens with zero attached hydrogens (tertiary/aromatic N) is 3. The van der Waals surface area contributed by atoms with Gasteiger partial charge in [0.15, 0.2) is 0 Å². The summed E-state index contributed by atoms with van der Waals surface area (Å²) in [5, 5.41) is 3.57. The summed E-state index contributed by atoms with van der Waals surface area (Å²) >= 11 is 0. The third-order valence-corrected chi connectivity index (χ3v) is 3.97. The van der Waals surface area contributed by atoms with E-state index in [-0.39, 0.29) is 0 Å². The van der Waals surface area contributed by atoms with Gasteiger partial charge in [0.25, 0.3) is 0 Å². The molecule has 0 amide bonds. The number of rotatable bonds is 5. The van der Waals surface area contributed by atoms with Gasteiger partial charge in [-0.3, -0.25) is 4.57 Å². The molecule has 1 unspecified atom stereocenters. The first-order valence-electron chi connectivity index (χ1n) is 7.82. The molecule has 2 aromatic rings. The van der Waals surface area contributed by atoms with Crippen molar-refractivity contribution < 1.29 is 0 Å². The molecular formula is C17H24N4. The molecule has 1 aliphatic heterocycles. The number of nitrogens with one attached hydrogen (secondary N) is 1. The maximum Gasteiger partial charge on any atom is 0.207 e. The summed E-state index contributed by atoms with van der Waals surface area (Å²) in [6.07, 6.45) is 4.76. The van der Waals surface area contributed by atoms with Gasteiger partial charge < -0.3 is 10.2 Å². The number of hydrogen-bond acceptors (Lipinski definition) is 3. The molecule has 21 heavy (non-hydrogen) atoms. The van der Waals surface area contributed by atoms with Crippen LogP contribution in [0.15, 0.2) is 36.5 Å².